The molecule has 0 unspecified atom stereocenters. The summed E-state index contributed by atoms with van der Waals surface area (Å²) in [5.74, 6) is -0.165. The fourth-order valence-corrected chi connectivity index (χ4v) is 3.35. The maximum absolute atomic E-state index is 12.7. The fraction of sp³-hybridized carbons (Fsp3) is 0.261. The van der Waals surface area contributed by atoms with Gasteiger partial charge < -0.3 is 14.8 Å². The smallest absolute Gasteiger partial charge is 0.342 e. The lowest BCUT2D eigenvalue weighted by Crippen LogP contribution is -2.21. The zero-order valence-electron chi connectivity index (χ0n) is 16.9. The van der Waals surface area contributed by atoms with E-state index in [1.165, 1.54) is 13.3 Å². The van der Waals surface area contributed by atoms with Crippen molar-refractivity contribution in [3.63, 3.8) is 0 Å². The van der Waals surface area contributed by atoms with E-state index < -0.39 is 18.5 Å². The molecular weight excluding hydrogens is 382 g/mol. The highest BCUT2D eigenvalue weighted by Crippen LogP contribution is 2.42. The lowest BCUT2D eigenvalue weighted by atomic mass is 10.1. The van der Waals surface area contributed by atoms with Gasteiger partial charge in [0.1, 0.15) is 11.3 Å². The Balaban J connectivity index is 1.45. The first-order valence-corrected chi connectivity index (χ1v) is 9.81. The maximum atomic E-state index is 12.7. The molecule has 0 aliphatic heterocycles. The van der Waals surface area contributed by atoms with Crippen LogP contribution in [0, 0.1) is 6.92 Å². The van der Waals surface area contributed by atoms with Crippen LogP contribution in [-0.2, 0) is 9.53 Å². The van der Waals surface area contributed by atoms with Gasteiger partial charge in [-0.1, -0.05) is 24.3 Å². The van der Waals surface area contributed by atoms with Gasteiger partial charge in [-0.05, 0) is 49.6 Å². The van der Waals surface area contributed by atoms with Crippen LogP contribution >= 0.6 is 0 Å². The van der Waals surface area contributed by atoms with Crippen LogP contribution in [0.3, 0.4) is 0 Å². The molecular formula is C23H23N3O4. The van der Waals surface area contributed by atoms with Gasteiger partial charge in [-0.25, -0.2) is 9.48 Å². The van der Waals surface area contributed by atoms with E-state index in [1.807, 2.05) is 43.3 Å². The van der Waals surface area contributed by atoms with Gasteiger partial charge >= 0.3 is 5.97 Å². The molecule has 0 radical (unpaired) electrons. The first-order valence-electron chi connectivity index (χ1n) is 9.81. The molecule has 1 heterocycles. The Morgan fingerprint density at radius 3 is 2.63 bits per heavy atom. The van der Waals surface area contributed by atoms with E-state index in [2.05, 4.69) is 10.4 Å². The van der Waals surface area contributed by atoms with Gasteiger partial charge in [0.05, 0.1) is 30.4 Å². The molecule has 3 aromatic rings. The molecule has 7 heteroatoms. The minimum atomic E-state index is -0.551. The monoisotopic (exact) mass is 405 g/mol. The predicted molar refractivity (Wildman–Crippen MR) is 112 cm³/mol. The van der Waals surface area contributed by atoms with Gasteiger partial charge in [0.25, 0.3) is 5.91 Å². The summed E-state index contributed by atoms with van der Waals surface area (Å²) in [6.45, 7) is 1.52. The van der Waals surface area contributed by atoms with E-state index >= 15 is 0 Å². The van der Waals surface area contributed by atoms with Crippen molar-refractivity contribution in [3.05, 3.63) is 71.5 Å². The quantitative estimate of drug-likeness (QED) is 0.604. The van der Waals surface area contributed by atoms with Crippen molar-refractivity contribution in [3.8, 4) is 11.4 Å². The molecule has 0 atom stereocenters. The summed E-state index contributed by atoms with van der Waals surface area (Å²) in [6, 6.07) is 15.1. The Bertz CT molecular complexity index is 1070. The molecule has 0 spiro atoms. The Labute approximate surface area is 174 Å². The number of anilines is 1. The number of aromatic nitrogens is 2. The number of para-hydroxylation sites is 1. The van der Waals surface area contributed by atoms with Gasteiger partial charge in [-0.2, -0.15) is 5.10 Å². The number of hydrogen-bond acceptors (Lipinski definition) is 5. The molecule has 0 bridgehead atoms. The normalized spacial score (nSPS) is 13.0. The van der Waals surface area contributed by atoms with Crippen molar-refractivity contribution in [2.75, 3.05) is 19.0 Å². The van der Waals surface area contributed by atoms with E-state index in [1.54, 1.807) is 16.8 Å². The lowest BCUT2D eigenvalue weighted by molar-refractivity contribution is -0.119. The number of hydrogen-bond donors (Lipinski definition) is 1. The van der Waals surface area contributed by atoms with Crippen LogP contribution in [0.2, 0.25) is 0 Å². The van der Waals surface area contributed by atoms with Crippen LogP contribution in [0.25, 0.3) is 5.69 Å². The average Bonchev–Trinajstić information content (AvgIpc) is 3.50. The molecule has 2 aromatic carbocycles. The highest BCUT2D eigenvalue weighted by molar-refractivity contribution is 5.97. The van der Waals surface area contributed by atoms with Gasteiger partial charge in [0.2, 0.25) is 0 Å². The zero-order valence-corrected chi connectivity index (χ0v) is 16.9. The topological polar surface area (TPSA) is 82.4 Å². The fourth-order valence-electron chi connectivity index (χ4n) is 3.35. The number of esters is 1. The van der Waals surface area contributed by atoms with E-state index in [-0.39, 0.29) is 5.92 Å². The molecule has 1 N–H and O–H groups in total. The number of nitrogens with zero attached hydrogens (tertiary/aromatic N) is 2. The van der Waals surface area contributed by atoms with Crippen LogP contribution in [0.15, 0.2) is 54.7 Å². The molecule has 1 aromatic heterocycles. The van der Waals surface area contributed by atoms with Crippen LogP contribution in [0.4, 0.5) is 5.69 Å². The molecule has 4 rings (SSSR count). The lowest BCUT2D eigenvalue weighted by Gasteiger charge is -2.11. The number of aryl methyl sites for hydroxylation is 1. The van der Waals surface area contributed by atoms with Gasteiger partial charge in [-0.3, -0.25) is 4.79 Å². The molecule has 1 aliphatic carbocycles. The molecule has 1 saturated carbocycles. The SMILES string of the molecule is COc1ccc(C)cc1NC(=O)COC(=O)c1cnn(-c2ccccc2)c1C1CC1. The van der Waals surface area contributed by atoms with Crippen molar-refractivity contribution in [1.82, 2.24) is 9.78 Å². The number of rotatable bonds is 7. The summed E-state index contributed by atoms with van der Waals surface area (Å²) in [5, 5.41) is 7.12. The summed E-state index contributed by atoms with van der Waals surface area (Å²) in [6.07, 6.45) is 3.53. The van der Waals surface area contributed by atoms with Crippen molar-refractivity contribution < 1.29 is 19.1 Å². The third-order valence-corrected chi connectivity index (χ3v) is 4.95. The van der Waals surface area contributed by atoms with Crippen molar-refractivity contribution in [2.45, 2.75) is 25.7 Å². The highest BCUT2D eigenvalue weighted by Gasteiger charge is 2.33. The number of carbonyl (C=O) groups excluding carboxylic acids is 2. The maximum Gasteiger partial charge on any atom is 0.342 e. The number of carbonyl (C=O) groups is 2. The Morgan fingerprint density at radius 1 is 1.17 bits per heavy atom. The van der Waals surface area contributed by atoms with E-state index in [0.29, 0.717) is 17.0 Å². The molecule has 154 valence electrons. The Morgan fingerprint density at radius 2 is 1.93 bits per heavy atom. The first kappa shape index (κ1) is 19.7. The van der Waals surface area contributed by atoms with E-state index in [4.69, 9.17) is 9.47 Å². The standard InChI is InChI=1S/C23H23N3O4/c1-15-8-11-20(29-2)19(12-15)25-21(27)14-30-23(28)18-13-24-26(22(18)16-9-10-16)17-6-4-3-5-7-17/h3-8,11-13,16H,9-10,14H2,1-2H3,(H,25,27). The predicted octanol–water partition coefficient (Wildman–Crippen LogP) is 3.86. The zero-order chi connectivity index (χ0) is 21.1. The Kier molecular flexibility index (Phi) is 5.52. The number of ether oxygens (including phenoxy) is 2. The van der Waals surface area contributed by atoms with Gasteiger partial charge in [0, 0.05) is 5.92 Å². The second-order valence-electron chi connectivity index (χ2n) is 7.29. The molecule has 0 saturated heterocycles. The third kappa shape index (κ3) is 4.20. The van der Waals surface area contributed by atoms with E-state index in [9.17, 15) is 9.59 Å². The molecule has 1 aliphatic rings. The second kappa shape index (κ2) is 8.41. The highest BCUT2D eigenvalue weighted by atomic mass is 16.5. The van der Waals surface area contributed by atoms with Crippen LogP contribution in [0.5, 0.6) is 5.75 Å². The van der Waals surface area contributed by atoms with Crippen molar-refractivity contribution >= 4 is 17.6 Å². The number of nitrogens with one attached hydrogen (secondary N) is 1. The summed E-state index contributed by atoms with van der Waals surface area (Å²) in [4.78, 5) is 25.0. The molecule has 1 fully saturated rings. The van der Waals surface area contributed by atoms with Crippen molar-refractivity contribution in [2.24, 2.45) is 0 Å². The summed E-state index contributed by atoms with van der Waals surface area (Å²) >= 11 is 0. The van der Waals surface area contributed by atoms with Gasteiger partial charge in [0.15, 0.2) is 6.61 Å². The van der Waals surface area contributed by atoms with Gasteiger partial charge in [-0.15, -0.1) is 0 Å². The number of benzene rings is 2. The van der Waals surface area contributed by atoms with Crippen LogP contribution in [-0.4, -0.2) is 35.4 Å². The summed E-state index contributed by atoms with van der Waals surface area (Å²) in [5.41, 5.74) is 3.65. The molecule has 30 heavy (non-hydrogen) atoms. The summed E-state index contributed by atoms with van der Waals surface area (Å²) < 4.78 is 12.3. The van der Waals surface area contributed by atoms with E-state index in [0.717, 1.165) is 29.8 Å². The van der Waals surface area contributed by atoms with Crippen LogP contribution < -0.4 is 10.1 Å². The number of methoxy groups -OCH3 is 1. The molecule has 1 amide bonds. The molecule has 7 nitrogen and oxygen atoms in total. The number of amides is 1. The third-order valence-electron chi connectivity index (χ3n) is 4.95. The average molecular weight is 405 g/mol. The Hall–Kier alpha value is -3.61. The first-order chi connectivity index (χ1) is 14.6. The minimum absolute atomic E-state index is 0.278. The van der Waals surface area contributed by atoms with Crippen molar-refractivity contribution in [1.29, 1.82) is 0 Å². The summed E-state index contributed by atoms with van der Waals surface area (Å²) in [7, 11) is 1.53. The largest absolute Gasteiger partial charge is 0.495 e. The van der Waals surface area contributed by atoms with Crippen LogP contribution in [0.1, 0.15) is 40.4 Å². The second-order valence-corrected chi connectivity index (χ2v) is 7.29. The minimum Gasteiger partial charge on any atom is -0.495 e.